The third-order valence-corrected chi connectivity index (χ3v) is 3.26. The zero-order chi connectivity index (χ0) is 9.31. The van der Waals surface area contributed by atoms with Crippen LogP contribution in [0.4, 0.5) is 0 Å². The number of piperidine rings is 1. The van der Waals surface area contributed by atoms with E-state index in [4.69, 9.17) is 10.6 Å². The van der Waals surface area contributed by atoms with Crippen LogP contribution < -0.4 is 5.84 Å². The lowest BCUT2D eigenvalue weighted by molar-refractivity contribution is -0.151. The highest BCUT2D eigenvalue weighted by Crippen LogP contribution is 2.35. The van der Waals surface area contributed by atoms with E-state index < -0.39 is 0 Å². The van der Waals surface area contributed by atoms with Crippen LogP contribution in [-0.2, 0) is 4.74 Å². The highest BCUT2D eigenvalue weighted by Gasteiger charge is 2.38. The fourth-order valence-corrected chi connectivity index (χ4v) is 2.69. The Balaban J connectivity index is 2.00. The summed E-state index contributed by atoms with van der Waals surface area (Å²) in [6.07, 6.45) is 6.53. The Morgan fingerprint density at radius 1 is 1.38 bits per heavy atom. The Morgan fingerprint density at radius 2 is 2.15 bits per heavy atom. The highest BCUT2D eigenvalue weighted by atomic mass is 16.5. The minimum Gasteiger partial charge on any atom is -0.371 e. The minimum atomic E-state index is 0.102. The quantitative estimate of drug-likeness (QED) is 0.576. The lowest BCUT2D eigenvalue weighted by Crippen LogP contribution is -2.54. The van der Waals surface area contributed by atoms with Gasteiger partial charge in [-0.15, -0.1) is 0 Å². The van der Waals surface area contributed by atoms with Crippen molar-refractivity contribution >= 4 is 0 Å². The Morgan fingerprint density at radius 3 is 2.85 bits per heavy atom. The number of hydrogen-bond acceptors (Lipinski definition) is 3. The zero-order valence-electron chi connectivity index (χ0n) is 8.46. The molecule has 2 aliphatic heterocycles. The van der Waals surface area contributed by atoms with Crippen molar-refractivity contribution in [2.24, 2.45) is 5.84 Å². The molecule has 2 saturated heterocycles. The van der Waals surface area contributed by atoms with Crippen molar-refractivity contribution in [3.63, 3.8) is 0 Å². The van der Waals surface area contributed by atoms with E-state index in [9.17, 15) is 0 Å². The van der Waals surface area contributed by atoms with Gasteiger partial charge in [-0.3, -0.25) is 5.84 Å². The van der Waals surface area contributed by atoms with Crippen molar-refractivity contribution < 1.29 is 4.74 Å². The van der Waals surface area contributed by atoms with Gasteiger partial charge in [-0.05, 0) is 39.0 Å². The predicted molar refractivity (Wildman–Crippen MR) is 52.1 cm³/mol. The summed E-state index contributed by atoms with van der Waals surface area (Å²) in [5.41, 5.74) is 0.102. The first kappa shape index (κ1) is 9.44. The number of ether oxygens (including phenoxy) is 1. The van der Waals surface area contributed by atoms with Gasteiger partial charge >= 0.3 is 0 Å². The van der Waals surface area contributed by atoms with Crippen molar-refractivity contribution in [1.82, 2.24) is 5.01 Å². The number of nitrogens with two attached hydrogens (primary N) is 1. The van der Waals surface area contributed by atoms with Crippen LogP contribution in [0, 0.1) is 0 Å². The molecule has 13 heavy (non-hydrogen) atoms. The lowest BCUT2D eigenvalue weighted by Gasteiger charge is -2.45. The molecule has 1 spiro atoms. The van der Waals surface area contributed by atoms with E-state index in [0.29, 0.717) is 6.10 Å². The van der Waals surface area contributed by atoms with E-state index in [-0.39, 0.29) is 5.60 Å². The van der Waals surface area contributed by atoms with E-state index in [1.807, 2.05) is 5.01 Å². The van der Waals surface area contributed by atoms with Crippen molar-refractivity contribution in [2.75, 3.05) is 13.1 Å². The lowest BCUT2D eigenvalue weighted by atomic mass is 9.85. The number of hydrazine groups is 1. The Kier molecular flexibility index (Phi) is 2.58. The molecule has 2 heterocycles. The van der Waals surface area contributed by atoms with Gasteiger partial charge in [0.1, 0.15) is 0 Å². The summed E-state index contributed by atoms with van der Waals surface area (Å²) in [6, 6.07) is 0. The molecule has 2 fully saturated rings. The molecule has 2 rings (SSSR count). The molecular formula is C10H20N2O. The number of nitrogens with zero attached hydrogens (tertiary/aromatic N) is 1. The third kappa shape index (κ3) is 2.03. The molecule has 2 N–H and O–H groups in total. The molecule has 3 heteroatoms. The minimum absolute atomic E-state index is 0.102. The topological polar surface area (TPSA) is 38.5 Å². The number of hydrogen-bond donors (Lipinski definition) is 1. The summed E-state index contributed by atoms with van der Waals surface area (Å²) in [4.78, 5) is 0. The van der Waals surface area contributed by atoms with Gasteiger partial charge in [0.05, 0.1) is 11.7 Å². The van der Waals surface area contributed by atoms with E-state index in [2.05, 4.69) is 6.92 Å². The number of rotatable bonds is 0. The Hall–Kier alpha value is -0.120. The second kappa shape index (κ2) is 3.56. The van der Waals surface area contributed by atoms with Crippen molar-refractivity contribution in [2.45, 2.75) is 50.7 Å². The van der Waals surface area contributed by atoms with Gasteiger partial charge < -0.3 is 4.74 Å². The van der Waals surface area contributed by atoms with Crippen LogP contribution in [0.25, 0.3) is 0 Å². The van der Waals surface area contributed by atoms with Crippen molar-refractivity contribution in [3.8, 4) is 0 Å². The van der Waals surface area contributed by atoms with Crippen LogP contribution in [0.2, 0.25) is 0 Å². The van der Waals surface area contributed by atoms with Crippen LogP contribution >= 0.6 is 0 Å². The SMILES string of the molecule is CC1CCCC2(CCCN(N)C2)O1. The Labute approximate surface area is 80.2 Å². The average molecular weight is 184 g/mol. The maximum atomic E-state index is 6.06. The van der Waals surface area contributed by atoms with Crippen LogP contribution in [0.3, 0.4) is 0 Å². The van der Waals surface area contributed by atoms with Crippen LogP contribution in [0.1, 0.15) is 39.0 Å². The first-order chi connectivity index (χ1) is 6.20. The third-order valence-electron chi connectivity index (χ3n) is 3.26. The summed E-state index contributed by atoms with van der Waals surface area (Å²) in [5, 5.41) is 1.92. The normalized spacial score (nSPS) is 42.5. The molecule has 0 bridgehead atoms. The largest absolute Gasteiger partial charge is 0.371 e. The van der Waals surface area contributed by atoms with Crippen LogP contribution in [-0.4, -0.2) is 29.8 Å². The van der Waals surface area contributed by atoms with Crippen LogP contribution in [0.15, 0.2) is 0 Å². The van der Waals surface area contributed by atoms with Gasteiger partial charge in [-0.1, -0.05) is 0 Å². The van der Waals surface area contributed by atoms with E-state index in [0.717, 1.165) is 13.1 Å². The molecule has 0 amide bonds. The monoisotopic (exact) mass is 184 g/mol. The standard InChI is InChI=1S/C10H20N2O/c1-9-4-2-5-10(13-9)6-3-7-12(11)8-10/h9H,2-8,11H2,1H3. The van der Waals surface area contributed by atoms with E-state index in [1.165, 1.54) is 32.1 Å². The molecule has 76 valence electrons. The van der Waals surface area contributed by atoms with Gasteiger partial charge in [-0.25, -0.2) is 5.01 Å². The van der Waals surface area contributed by atoms with Crippen molar-refractivity contribution in [3.05, 3.63) is 0 Å². The highest BCUT2D eigenvalue weighted by molar-refractivity contribution is 4.90. The smallest absolute Gasteiger partial charge is 0.0826 e. The fourth-order valence-electron chi connectivity index (χ4n) is 2.69. The molecule has 0 saturated carbocycles. The Bertz CT molecular complexity index is 164. The summed E-state index contributed by atoms with van der Waals surface area (Å²) >= 11 is 0. The molecule has 0 aromatic heterocycles. The average Bonchev–Trinajstić information content (AvgIpc) is 2.02. The molecular weight excluding hydrogens is 164 g/mol. The first-order valence-electron chi connectivity index (χ1n) is 5.38. The first-order valence-corrected chi connectivity index (χ1v) is 5.38. The molecule has 2 aliphatic rings. The summed E-state index contributed by atoms with van der Waals surface area (Å²) in [7, 11) is 0. The van der Waals surface area contributed by atoms with Crippen molar-refractivity contribution in [1.29, 1.82) is 0 Å². The zero-order valence-corrected chi connectivity index (χ0v) is 8.46. The second-order valence-corrected chi connectivity index (χ2v) is 4.58. The maximum absolute atomic E-state index is 6.06. The van der Waals surface area contributed by atoms with Gasteiger partial charge in [-0.2, -0.15) is 0 Å². The molecule has 2 atom stereocenters. The van der Waals surface area contributed by atoms with E-state index >= 15 is 0 Å². The predicted octanol–water partition coefficient (Wildman–Crippen LogP) is 1.28. The molecule has 3 nitrogen and oxygen atoms in total. The van der Waals surface area contributed by atoms with Gasteiger partial charge in [0, 0.05) is 13.1 Å². The molecule has 0 aromatic carbocycles. The fraction of sp³-hybridized carbons (Fsp3) is 1.00. The van der Waals surface area contributed by atoms with Gasteiger partial charge in [0.2, 0.25) is 0 Å². The summed E-state index contributed by atoms with van der Waals surface area (Å²) in [5.74, 6) is 5.84. The molecule has 2 unspecified atom stereocenters. The molecule has 0 aromatic rings. The molecule has 0 aliphatic carbocycles. The van der Waals surface area contributed by atoms with Crippen LogP contribution in [0.5, 0.6) is 0 Å². The summed E-state index contributed by atoms with van der Waals surface area (Å²) in [6.45, 7) is 4.13. The maximum Gasteiger partial charge on any atom is 0.0826 e. The molecule has 0 radical (unpaired) electrons. The second-order valence-electron chi connectivity index (χ2n) is 4.58. The summed E-state index contributed by atoms with van der Waals surface area (Å²) < 4.78 is 6.06. The van der Waals surface area contributed by atoms with Gasteiger partial charge in [0.25, 0.3) is 0 Å². The van der Waals surface area contributed by atoms with E-state index in [1.54, 1.807) is 0 Å². The van der Waals surface area contributed by atoms with Gasteiger partial charge in [0.15, 0.2) is 0 Å².